The molecule has 2 aromatic rings. The van der Waals surface area contributed by atoms with Crippen LogP contribution in [0, 0.1) is 2.44 Å². The molecule has 1 aromatic carbocycles. The Morgan fingerprint density at radius 1 is 1.00 bits per heavy atom. The molecule has 0 atom stereocenters. The molecule has 0 saturated carbocycles. The topological polar surface area (TPSA) is 49.7 Å². The summed E-state index contributed by atoms with van der Waals surface area (Å²) in [6, 6.07) is 8.05. The molecule has 0 radical (unpaired) electrons. The van der Waals surface area contributed by atoms with Gasteiger partial charge in [-0.25, -0.2) is 0 Å². The maximum atomic E-state index is 12.6. The van der Waals surface area contributed by atoms with Crippen LogP contribution < -0.4 is 5.19 Å². The number of fused-ring (bicyclic) bond motifs is 2. The third-order valence-electron chi connectivity index (χ3n) is 6.22. The summed E-state index contributed by atoms with van der Waals surface area (Å²) >= 11 is 2.56. The van der Waals surface area contributed by atoms with Gasteiger partial charge < -0.3 is 0 Å². The van der Waals surface area contributed by atoms with E-state index in [2.05, 4.69) is 76.3 Å². The van der Waals surface area contributed by atoms with Crippen LogP contribution in [0.25, 0.3) is 10.0 Å². The van der Waals surface area contributed by atoms with Gasteiger partial charge >= 0.3 is 200 Å². The first-order valence-electron chi connectivity index (χ1n) is 10.0. The van der Waals surface area contributed by atoms with E-state index in [9.17, 15) is 9.90 Å². The number of phenols is 1. The van der Waals surface area contributed by atoms with Gasteiger partial charge in [-0.05, 0) is 0 Å². The first-order valence-corrected chi connectivity index (χ1v) is 14.8. The predicted molar refractivity (Wildman–Crippen MR) is 137 cm³/mol. The number of rotatable bonds is 1. The first-order chi connectivity index (χ1) is 13.9. The number of hydrogen-bond acceptors (Lipinski definition) is 3. The number of ketones is 1. The Hall–Kier alpha value is -1.21. The van der Waals surface area contributed by atoms with Gasteiger partial charge in [-0.2, -0.15) is 0 Å². The number of carbonyl (C=O) groups is 1. The molecule has 6 heteroatoms. The molecule has 156 valence electrons. The van der Waals surface area contributed by atoms with Crippen molar-refractivity contribution in [3.8, 4) is 15.8 Å². The maximum absolute atomic E-state index is 12.6. The van der Waals surface area contributed by atoms with E-state index in [0.717, 1.165) is 22.2 Å². The van der Waals surface area contributed by atoms with Gasteiger partial charge in [0.2, 0.25) is 0 Å². The van der Waals surface area contributed by atoms with Crippen molar-refractivity contribution in [3.05, 3.63) is 50.1 Å². The molecule has 0 saturated heterocycles. The molecule has 0 unspecified atom stereocenters. The number of carbonyl (C=O) groups excluding carboxylic acids is 1. The van der Waals surface area contributed by atoms with Crippen molar-refractivity contribution in [2.45, 2.75) is 51.6 Å². The van der Waals surface area contributed by atoms with Gasteiger partial charge in [-0.3, -0.25) is 0 Å². The van der Waals surface area contributed by atoms with Gasteiger partial charge in [0.25, 0.3) is 0 Å². The number of phenolic OH excluding ortho intramolecular Hbond substituents is 1. The Labute approximate surface area is 198 Å². The molecular formula is C24H26INO2SeSi. The van der Waals surface area contributed by atoms with Gasteiger partial charge in [0, 0.05) is 0 Å². The monoisotopic (exact) mass is 595 g/mol. The predicted octanol–water partition coefficient (Wildman–Crippen LogP) is 5.67. The van der Waals surface area contributed by atoms with Crippen LogP contribution >= 0.6 is 22.6 Å². The van der Waals surface area contributed by atoms with E-state index in [1.54, 1.807) is 12.1 Å². The van der Waals surface area contributed by atoms with Crippen molar-refractivity contribution < 1.29 is 9.90 Å². The zero-order chi connectivity index (χ0) is 22.1. The van der Waals surface area contributed by atoms with E-state index < -0.39 is 8.07 Å². The normalized spacial score (nSPS) is 17.9. The number of aromatic hydroxyl groups is 1. The molecule has 0 bridgehead atoms. The number of nitrogens with zero attached hydrogens (tertiary/aromatic N) is 1. The Bertz CT molecular complexity index is 1140. The van der Waals surface area contributed by atoms with Crippen molar-refractivity contribution in [1.82, 2.24) is 0 Å². The summed E-state index contributed by atoms with van der Waals surface area (Å²) in [6.07, 6.45) is 5.33. The van der Waals surface area contributed by atoms with E-state index in [1.165, 1.54) is 12.1 Å². The Kier molecular flexibility index (Phi) is 5.25. The number of allylic oxidation sites excluding steroid dienone is 4. The second-order valence-electron chi connectivity index (χ2n) is 10.00. The third-order valence-corrected chi connectivity index (χ3v) is 16.6. The molecule has 0 fully saturated rings. The van der Waals surface area contributed by atoms with Crippen LogP contribution in [0.3, 0.4) is 0 Å². The molecule has 1 aliphatic heterocycles. The van der Waals surface area contributed by atoms with E-state index >= 15 is 0 Å². The summed E-state index contributed by atoms with van der Waals surface area (Å²) in [6.45, 7) is 13.8. The minimum absolute atomic E-state index is 0.0278. The molecule has 1 aromatic heterocycles. The molecule has 0 spiro atoms. The number of halogens is 1. The molecular weight excluding hydrogens is 568 g/mol. The van der Waals surface area contributed by atoms with Crippen molar-refractivity contribution in [3.63, 3.8) is 0 Å². The average Bonchev–Trinajstić information content (AvgIpc) is 3.03. The Balaban J connectivity index is 2.25. The molecule has 2 heterocycles. The van der Waals surface area contributed by atoms with Gasteiger partial charge in [0.05, 0.1) is 0 Å². The zero-order valence-electron chi connectivity index (χ0n) is 18.1. The molecule has 1 aliphatic carbocycles. The van der Waals surface area contributed by atoms with Crippen molar-refractivity contribution in [1.29, 1.82) is 0 Å². The first kappa shape index (κ1) is 22.0. The van der Waals surface area contributed by atoms with Crippen LogP contribution in [0.15, 0.2) is 52.7 Å². The second kappa shape index (κ2) is 7.16. The molecule has 2 aliphatic rings. The Morgan fingerprint density at radius 2 is 1.67 bits per heavy atom. The molecule has 0 amide bonds. The van der Waals surface area contributed by atoms with Crippen LogP contribution in [0.2, 0.25) is 10.1 Å². The Morgan fingerprint density at radius 3 is 2.23 bits per heavy atom. The van der Waals surface area contributed by atoms with Crippen LogP contribution in [0.4, 0.5) is 5.69 Å². The third kappa shape index (κ3) is 3.10. The molecule has 4 rings (SSSR count). The molecule has 30 heavy (non-hydrogen) atoms. The fourth-order valence-electron chi connectivity index (χ4n) is 5.61. The summed E-state index contributed by atoms with van der Waals surface area (Å²) in [5, 5.41) is 13.2. The minimum atomic E-state index is -2.63. The van der Waals surface area contributed by atoms with E-state index in [4.69, 9.17) is 4.99 Å². The van der Waals surface area contributed by atoms with Crippen molar-refractivity contribution in [2.24, 2.45) is 4.99 Å². The fourth-order valence-corrected chi connectivity index (χ4v) is 16.6. The summed E-state index contributed by atoms with van der Waals surface area (Å²) in [7, 11) is -2.63. The van der Waals surface area contributed by atoms with Crippen molar-refractivity contribution >= 4 is 67.5 Å². The fraction of sp³-hybridized carbons (Fsp3) is 0.333. The van der Waals surface area contributed by atoms with Crippen LogP contribution in [-0.4, -0.2) is 39.2 Å². The number of aliphatic imine (C=N–C) groups is 1. The molecule has 3 nitrogen and oxygen atoms in total. The summed E-state index contributed by atoms with van der Waals surface area (Å²) in [4.78, 5) is 17.6. The molecule has 1 N–H and O–H groups in total. The van der Waals surface area contributed by atoms with Crippen LogP contribution in [-0.2, 0) is 4.79 Å². The number of hydrogen-bond donors (Lipinski definition) is 1. The van der Waals surface area contributed by atoms with Crippen molar-refractivity contribution in [2.75, 3.05) is 0 Å². The number of benzene rings is 1. The van der Waals surface area contributed by atoms with Gasteiger partial charge in [-0.1, -0.05) is 0 Å². The van der Waals surface area contributed by atoms with E-state index in [0.29, 0.717) is 5.75 Å². The van der Waals surface area contributed by atoms with Gasteiger partial charge in [-0.15, -0.1) is 0 Å². The second-order valence-corrected chi connectivity index (χ2v) is 20.6. The van der Waals surface area contributed by atoms with Crippen LogP contribution in [0.5, 0.6) is 5.75 Å². The van der Waals surface area contributed by atoms with E-state index in [-0.39, 0.29) is 30.4 Å². The van der Waals surface area contributed by atoms with Gasteiger partial charge in [0.15, 0.2) is 0 Å². The summed E-state index contributed by atoms with van der Waals surface area (Å²) in [5.74, 6) is 0.351. The standard InChI is InChI=1S/C24H26INO2SeSi/c1-23(2,3)30(24(4,5)6)19-13-14(27)7-8-15(19)26-16-9-10-17(28)21(22(16)30)18-11-12-20(25)29-18/h7-13,28H,1-6H3. The average molecular weight is 594 g/mol. The quantitative estimate of drug-likeness (QED) is 0.263. The SMILES string of the molecule is CC(C)(C)[Si]1(C(C)(C)C)C2=CC(=O)C=CC2=Nc2ccc(O)c(-c3ccc(I)[se]3)c21. The summed E-state index contributed by atoms with van der Waals surface area (Å²) in [5.41, 5.74) is 2.82. The van der Waals surface area contributed by atoms with Gasteiger partial charge in [0.1, 0.15) is 0 Å². The zero-order valence-corrected chi connectivity index (χ0v) is 23.0. The van der Waals surface area contributed by atoms with E-state index in [1.807, 2.05) is 18.2 Å². The summed E-state index contributed by atoms with van der Waals surface area (Å²) < 4.78 is 2.52. The van der Waals surface area contributed by atoms with Crippen LogP contribution in [0.1, 0.15) is 41.5 Å².